The summed E-state index contributed by atoms with van der Waals surface area (Å²) in [6.45, 7) is 6.07. The maximum absolute atomic E-state index is 4.34. The minimum atomic E-state index is 0.982. The largest absolute Gasteiger partial charge is 0.256 e. The summed E-state index contributed by atoms with van der Waals surface area (Å²) in [4.78, 5) is 4.34. The van der Waals surface area contributed by atoms with E-state index in [1.807, 2.05) is 25.1 Å². The van der Waals surface area contributed by atoms with Crippen LogP contribution in [-0.4, -0.2) is 4.98 Å². The Bertz CT molecular complexity index is 609. The van der Waals surface area contributed by atoms with Gasteiger partial charge in [0.05, 0.1) is 5.52 Å². The number of aromatic nitrogens is 1. The van der Waals surface area contributed by atoms with Gasteiger partial charge in [0.25, 0.3) is 0 Å². The van der Waals surface area contributed by atoms with Crippen LogP contribution in [-0.2, 0) is 0 Å². The molecule has 0 saturated carbocycles. The summed E-state index contributed by atoms with van der Waals surface area (Å²) in [6, 6.07) is 8.15. The summed E-state index contributed by atoms with van der Waals surface area (Å²) in [5, 5.41) is 3.26. The molecular weight excluding hydrogens is 182 g/mol. The van der Waals surface area contributed by atoms with Crippen molar-refractivity contribution in [3.8, 4) is 0 Å². The smallest absolute Gasteiger partial charge is 0.0774 e. The van der Waals surface area contributed by atoms with Gasteiger partial charge in [-0.05, 0) is 18.2 Å². The zero-order chi connectivity index (χ0) is 10.7. The summed E-state index contributed by atoms with van der Waals surface area (Å²) in [5.74, 6) is 0. The fourth-order valence-electron chi connectivity index (χ4n) is 1.58. The van der Waals surface area contributed by atoms with E-state index in [-0.39, 0.29) is 0 Å². The van der Waals surface area contributed by atoms with Gasteiger partial charge in [-0.2, -0.15) is 0 Å². The van der Waals surface area contributed by atoms with Crippen LogP contribution in [0.1, 0.15) is 6.92 Å². The molecule has 0 spiro atoms. The van der Waals surface area contributed by atoms with Crippen LogP contribution in [0.2, 0.25) is 0 Å². The number of fused-ring (bicyclic) bond motifs is 1. The van der Waals surface area contributed by atoms with Crippen LogP contribution in [0, 0.1) is 0 Å². The fourth-order valence-corrected chi connectivity index (χ4v) is 1.58. The highest BCUT2D eigenvalue weighted by Crippen LogP contribution is 2.02. The molecule has 2 aromatic rings. The van der Waals surface area contributed by atoms with Gasteiger partial charge in [-0.15, -0.1) is 0 Å². The third-order valence-electron chi connectivity index (χ3n) is 2.38. The second-order valence-electron chi connectivity index (χ2n) is 3.40. The Kier molecular flexibility index (Phi) is 2.64. The Morgan fingerprint density at radius 3 is 2.93 bits per heavy atom. The van der Waals surface area contributed by atoms with Gasteiger partial charge in [-0.1, -0.05) is 43.0 Å². The zero-order valence-corrected chi connectivity index (χ0v) is 8.77. The van der Waals surface area contributed by atoms with Crippen LogP contribution < -0.4 is 10.4 Å². The maximum atomic E-state index is 4.34. The van der Waals surface area contributed by atoms with E-state index in [0.29, 0.717) is 0 Å². The third-order valence-corrected chi connectivity index (χ3v) is 2.38. The molecule has 1 aromatic carbocycles. The van der Waals surface area contributed by atoms with Crippen LogP contribution in [0.15, 0.2) is 42.6 Å². The van der Waals surface area contributed by atoms with Crippen LogP contribution >= 0.6 is 0 Å². The fraction of sp³-hybridized carbons (Fsp3) is 0.0714. The Morgan fingerprint density at radius 1 is 1.27 bits per heavy atom. The Balaban J connectivity index is 2.82. The summed E-state index contributed by atoms with van der Waals surface area (Å²) < 4.78 is 0. The first-order valence-corrected chi connectivity index (χ1v) is 4.98. The lowest BCUT2D eigenvalue weighted by atomic mass is 10.1. The van der Waals surface area contributed by atoms with Crippen molar-refractivity contribution in [2.45, 2.75) is 6.92 Å². The third kappa shape index (κ3) is 1.82. The van der Waals surface area contributed by atoms with Crippen molar-refractivity contribution < 1.29 is 0 Å². The van der Waals surface area contributed by atoms with Gasteiger partial charge in [-0.3, -0.25) is 4.98 Å². The van der Waals surface area contributed by atoms with Gasteiger partial charge in [0.2, 0.25) is 0 Å². The molecular formula is C14H13N. The second-order valence-corrected chi connectivity index (χ2v) is 3.40. The van der Waals surface area contributed by atoms with Gasteiger partial charge in [0.1, 0.15) is 0 Å². The first kappa shape index (κ1) is 9.66. The lowest BCUT2D eigenvalue weighted by molar-refractivity contribution is 1.38. The number of allylic oxidation sites excluding steroid dienone is 2. The Hall–Kier alpha value is -1.89. The van der Waals surface area contributed by atoms with Gasteiger partial charge < -0.3 is 0 Å². The molecule has 15 heavy (non-hydrogen) atoms. The molecule has 0 unspecified atom stereocenters. The molecule has 0 bridgehead atoms. The molecule has 74 valence electrons. The molecule has 0 aliphatic heterocycles. The van der Waals surface area contributed by atoms with E-state index in [2.05, 4.69) is 35.8 Å². The number of benzene rings is 1. The van der Waals surface area contributed by atoms with E-state index >= 15 is 0 Å². The van der Waals surface area contributed by atoms with E-state index in [1.54, 1.807) is 6.20 Å². The molecule has 0 fully saturated rings. The molecule has 0 amide bonds. The Labute approximate surface area is 89.1 Å². The van der Waals surface area contributed by atoms with Crippen molar-refractivity contribution in [3.05, 3.63) is 53.1 Å². The van der Waals surface area contributed by atoms with Gasteiger partial charge in [-0.25, -0.2) is 0 Å². The molecule has 0 N–H and O–H groups in total. The predicted octanol–water partition coefficient (Wildman–Crippen LogP) is 2.00. The van der Waals surface area contributed by atoms with Crippen molar-refractivity contribution in [3.63, 3.8) is 0 Å². The monoisotopic (exact) mass is 195 g/mol. The SMILES string of the molecule is C=c1/c(=C\C=C/C)ccc2cccnc12. The Morgan fingerprint density at radius 2 is 2.13 bits per heavy atom. The molecule has 0 aliphatic carbocycles. The molecule has 0 saturated heterocycles. The minimum Gasteiger partial charge on any atom is -0.256 e. The molecule has 1 aromatic heterocycles. The molecule has 1 heterocycles. The summed E-state index contributed by atoms with van der Waals surface area (Å²) in [5.41, 5.74) is 0.982. The number of hydrogen-bond acceptors (Lipinski definition) is 1. The zero-order valence-electron chi connectivity index (χ0n) is 8.77. The van der Waals surface area contributed by atoms with E-state index in [4.69, 9.17) is 0 Å². The standard InChI is InChI=1S/C14H13N/c1-3-4-6-12-8-9-13-7-5-10-15-14(13)11(12)2/h3-10H,2H2,1H3/b4-3-,12-6-. The van der Waals surface area contributed by atoms with Gasteiger partial charge >= 0.3 is 0 Å². The van der Waals surface area contributed by atoms with E-state index in [1.165, 1.54) is 0 Å². The average Bonchev–Trinajstić information content (AvgIpc) is 2.29. The summed E-state index contributed by atoms with van der Waals surface area (Å²) in [6.07, 6.45) is 7.87. The molecule has 2 rings (SSSR count). The number of pyridine rings is 1. The first-order chi connectivity index (χ1) is 7.33. The molecule has 0 atom stereocenters. The van der Waals surface area contributed by atoms with E-state index in [0.717, 1.165) is 21.3 Å². The van der Waals surface area contributed by atoms with Crippen molar-refractivity contribution in [2.24, 2.45) is 0 Å². The van der Waals surface area contributed by atoms with Crippen LogP contribution in [0.25, 0.3) is 23.6 Å². The molecule has 0 radical (unpaired) electrons. The van der Waals surface area contributed by atoms with Crippen LogP contribution in [0.5, 0.6) is 0 Å². The van der Waals surface area contributed by atoms with Crippen LogP contribution in [0.3, 0.4) is 0 Å². The number of hydrogen-bond donors (Lipinski definition) is 0. The van der Waals surface area contributed by atoms with Gasteiger partial charge in [0.15, 0.2) is 0 Å². The van der Waals surface area contributed by atoms with Crippen molar-refractivity contribution >= 4 is 23.6 Å². The maximum Gasteiger partial charge on any atom is 0.0774 e. The molecule has 1 nitrogen and oxygen atoms in total. The molecule has 1 heteroatoms. The highest BCUT2D eigenvalue weighted by atomic mass is 14.6. The molecule has 0 aliphatic rings. The minimum absolute atomic E-state index is 0.982. The quantitative estimate of drug-likeness (QED) is 0.678. The van der Waals surface area contributed by atoms with Crippen molar-refractivity contribution in [1.29, 1.82) is 0 Å². The van der Waals surface area contributed by atoms with E-state index < -0.39 is 0 Å². The first-order valence-electron chi connectivity index (χ1n) is 4.98. The van der Waals surface area contributed by atoms with Crippen molar-refractivity contribution in [1.82, 2.24) is 4.98 Å². The van der Waals surface area contributed by atoms with Gasteiger partial charge in [0, 0.05) is 16.8 Å². The predicted molar refractivity (Wildman–Crippen MR) is 65.8 cm³/mol. The van der Waals surface area contributed by atoms with E-state index in [9.17, 15) is 0 Å². The number of nitrogens with zero attached hydrogens (tertiary/aromatic N) is 1. The van der Waals surface area contributed by atoms with Crippen LogP contribution in [0.4, 0.5) is 0 Å². The lowest BCUT2D eigenvalue weighted by Crippen LogP contribution is -2.23. The lowest BCUT2D eigenvalue weighted by Gasteiger charge is -1.96. The highest BCUT2D eigenvalue weighted by molar-refractivity contribution is 5.79. The highest BCUT2D eigenvalue weighted by Gasteiger charge is 1.93. The average molecular weight is 195 g/mol. The van der Waals surface area contributed by atoms with Crippen molar-refractivity contribution in [2.75, 3.05) is 0 Å². The summed E-state index contributed by atoms with van der Waals surface area (Å²) in [7, 11) is 0. The number of rotatable bonds is 1. The summed E-state index contributed by atoms with van der Waals surface area (Å²) >= 11 is 0. The topological polar surface area (TPSA) is 12.9 Å². The second kappa shape index (κ2) is 4.09. The normalized spacial score (nSPS) is 12.7.